The van der Waals surface area contributed by atoms with E-state index in [2.05, 4.69) is 11.8 Å². The summed E-state index contributed by atoms with van der Waals surface area (Å²) in [5.74, 6) is -0.400. The molecule has 0 radical (unpaired) electrons. The number of hydrogen-bond donors (Lipinski definition) is 1. The largest absolute Gasteiger partial charge is 0.481 e. The van der Waals surface area contributed by atoms with Gasteiger partial charge in [0, 0.05) is 12.8 Å². The molecule has 0 rings (SSSR count). The van der Waals surface area contributed by atoms with Crippen LogP contribution in [0.5, 0.6) is 0 Å². The van der Waals surface area contributed by atoms with E-state index in [-0.39, 0.29) is 0 Å². The SMILES string of the molecule is CCCCCN(CCCCCC(C)=O)CCCCCC(=O)O. The van der Waals surface area contributed by atoms with Crippen LogP contribution in [0.4, 0.5) is 0 Å². The quantitative estimate of drug-likeness (QED) is 0.432. The predicted octanol–water partition coefficient (Wildman–Crippen LogP) is 4.27. The van der Waals surface area contributed by atoms with E-state index in [1.165, 1.54) is 19.3 Å². The standard InChI is InChI=1S/C18H35NO3/c1-3-4-9-14-19(15-10-5-7-12-17(2)20)16-11-6-8-13-18(21)22/h3-16H2,1-2H3,(H,21,22). The van der Waals surface area contributed by atoms with Gasteiger partial charge in [0.1, 0.15) is 5.78 Å². The van der Waals surface area contributed by atoms with Gasteiger partial charge in [-0.15, -0.1) is 0 Å². The summed E-state index contributed by atoms with van der Waals surface area (Å²) in [7, 11) is 0. The van der Waals surface area contributed by atoms with Crippen LogP contribution in [0.15, 0.2) is 0 Å². The molecule has 0 aromatic carbocycles. The van der Waals surface area contributed by atoms with Crippen LogP contribution < -0.4 is 0 Å². The van der Waals surface area contributed by atoms with Gasteiger partial charge < -0.3 is 14.8 Å². The highest BCUT2D eigenvalue weighted by Gasteiger charge is 2.05. The van der Waals surface area contributed by atoms with Crippen molar-refractivity contribution in [1.29, 1.82) is 0 Å². The van der Waals surface area contributed by atoms with Gasteiger partial charge in [0.25, 0.3) is 0 Å². The van der Waals surface area contributed by atoms with E-state index in [0.29, 0.717) is 18.6 Å². The summed E-state index contributed by atoms with van der Waals surface area (Å²) in [4.78, 5) is 23.9. The first-order valence-corrected chi connectivity index (χ1v) is 8.99. The third kappa shape index (κ3) is 15.5. The summed E-state index contributed by atoms with van der Waals surface area (Å²) < 4.78 is 0. The Morgan fingerprint density at radius 3 is 1.73 bits per heavy atom. The first-order chi connectivity index (χ1) is 10.6. The highest BCUT2D eigenvalue weighted by Crippen LogP contribution is 2.08. The Hall–Kier alpha value is -0.900. The summed E-state index contributed by atoms with van der Waals surface area (Å²) >= 11 is 0. The second-order valence-electron chi connectivity index (χ2n) is 6.27. The molecule has 1 N–H and O–H groups in total. The third-order valence-electron chi connectivity index (χ3n) is 3.95. The molecule has 0 aliphatic rings. The minimum atomic E-state index is -0.690. The topological polar surface area (TPSA) is 57.6 Å². The molecule has 4 nitrogen and oxygen atoms in total. The summed E-state index contributed by atoms with van der Waals surface area (Å²) in [6.07, 6.45) is 11.0. The molecule has 0 spiro atoms. The number of hydrogen-bond acceptors (Lipinski definition) is 3. The number of Topliss-reactive ketones (excluding diaryl/α,β-unsaturated/α-hetero) is 1. The monoisotopic (exact) mass is 313 g/mol. The molecule has 0 saturated heterocycles. The van der Waals surface area contributed by atoms with Gasteiger partial charge in [-0.1, -0.05) is 32.6 Å². The van der Waals surface area contributed by atoms with Crippen LogP contribution in [0.25, 0.3) is 0 Å². The summed E-state index contributed by atoms with van der Waals surface area (Å²) in [5.41, 5.74) is 0. The van der Waals surface area contributed by atoms with E-state index in [4.69, 9.17) is 5.11 Å². The normalized spacial score (nSPS) is 11.0. The predicted molar refractivity (Wildman–Crippen MR) is 91.2 cm³/mol. The molecule has 0 aromatic rings. The molecule has 22 heavy (non-hydrogen) atoms. The molecule has 0 aliphatic heterocycles. The molecule has 0 bridgehead atoms. The van der Waals surface area contributed by atoms with E-state index < -0.39 is 5.97 Å². The van der Waals surface area contributed by atoms with Crippen molar-refractivity contribution in [3.63, 3.8) is 0 Å². The van der Waals surface area contributed by atoms with Gasteiger partial charge in [0.2, 0.25) is 0 Å². The number of carbonyl (C=O) groups excluding carboxylic acids is 1. The second kappa shape index (κ2) is 15.0. The highest BCUT2D eigenvalue weighted by atomic mass is 16.4. The minimum absolute atomic E-state index is 0.290. The molecule has 0 unspecified atom stereocenters. The zero-order valence-electron chi connectivity index (χ0n) is 14.6. The van der Waals surface area contributed by atoms with Crippen LogP contribution in [0.1, 0.15) is 84.5 Å². The van der Waals surface area contributed by atoms with E-state index in [1.54, 1.807) is 6.92 Å². The molecule has 0 aromatic heterocycles. The Labute approximate surface area is 136 Å². The fourth-order valence-corrected chi connectivity index (χ4v) is 2.60. The Bertz CT molecular complexity index is 268. The number of aliphatic carboxylic acids is 1. The average Bonchev–Trinajstić information content (AvgIpc) is 2.45. The summed E-state index contributed by atoms with van der Waals surface area (Å²) in [6.45, 7) is 7.22. The van der Waals surface area contributed by atoms with Gasteiger partial charge in [-0.2, -0.15) is 0 Å². The smallest absolute Gasteiger partial charge is 0.303 e. The number of carbonyl (C=O) groups is 2. The number of nitrogens with zero attached hydrogens (tertiary/aromatic N) is 1. The number of ketones is 1. The fraction of sp³-hybridized carbons (Fsp3) is 0.889. The Balaban J connectivity index is 3.78. The van der Waals surface area contributed by atoms with Crippen LogP contribution in [0.3, 0.4) is 0 Å². The lowest BCUT2D eigenvalue weighted by atomic mass is 10.1. The zero-order chi connectivity index (χ0) is 16.6. The molecule has 130 valence electrons. The van der Waals surface area contributed by atoms with Crippen LogP contribution >= 0.6 is 0 Å². The van der Waals surface area contributed by atoms with Crippen molar-refractivity contribution in [3.8, 4) is 0 Å². The van der Waals surface area contributed by atoms with Crippen molar-refractivity contribution >= 4 is 11.8 Å². The van der Waals surface area contributed by atoms with Crippen molar-refractivity contribution in [1.82, 2.24) is 4.90 Å². The van der Waals surface area contributed by atoms with Gasteiger partial charge in [-0.25, -0.2) is 0 Å². The van der Waals surface area contributed by atoms with Gasteiger partial charge in [-0.3, -0.25) is 4.79 Å². The Kier molecular flexibility index (Phi) is 14.4. The number of carboxylic acid groups (broad SMARTS) is 1. The van der Waals surface area contributed by atoms with Crippen LogP contribution in [-0.2, 0) is 9.59 Å². The van der Waals surface area contributed by atoms with Crippen molar-refractivity contribution < 1.29 is 14.7 Å². The van der Waals surface area contributed by atoms with E-state index >= 15 is 0 Å². The first-order valence-electron chi connectivity index (χ1n) is 8.99. The molecule has 0 fully saturated rings. The molecule has 0 amide bonds. The number of rotatable bonds is 16. The maximum atomic E-state index is 10.9. The molecule has 0 aliphatic carbocycles. The fourth-order valence-electron chi connectivity index (χ4n) is 2.60. The molecular weight excluding hydrogens is 278 g/mol. The van der Waals surface area contributed by atoms with Gasteiger partial charge in [0.05, 0.1) is 0 Å². The van der Waals surface area contributed by atoms with Crippen LogP contribution in [0.2, 0.25) is 0 Å². The van der Waals surface area contributed by atoms with E-state index in [9.17, 15) is 9.59 Å². The molecular formula is C18H35NO3. The minimum Gasteiger partial charge on any atom is -0.481 e. The number of carboxylic acids is 1. The molecule has 0 heterocycles. The van der Waals surface area contributed by atoms with Crippen molar-refractivity contribution in [2.45, 2.75) is 84.5 Å². The van der Waals surface area contributed by atoms with Crippen molar-refractivity contribution in [3.05, 3.63) is 0 Å². The lowest BCUT2D eigenvalue weighted by Gasteiger charge is -2.22. The first kappa shape index (κ1) is 21.1. The molecule has 4 heteroatoms. The van der Waals surface area contributed by atoms with E-state index in [1.807, 2.05) is 0 Å². The Morgan fingerprint density at radius 1 is 0.773 bits per heavy atom. The van der Waals surface area contributed by atoms with E-state index in [0.717, 1.165) is 58.2 Å². The van der Waals surface area contributed by atoms with Crippen LogP contribution in [0, 0.1) is 0 Å². The van der Waals surface area contributed by atoms with Crippen LogP contribution in [-0.4, -0.2) is 41.4 Å². The van der Waals surface area contributed by atoms with Gasteiger partial charge in [0.15, 0.2) is 0 Å². The zero-order valence-corrected chi connectivity index (χ0v) is 14.6. The molecule has 0 atom stereocenters. The maximum absolute atomic E-state index is 10.9. The molecule has 0 saturated carbocycles. The third-order valence-corrected chi connectivity index (χ3v) is 3.95. The lowest BCUT2D eigenvalue weighted by molar-refractivity contribution is -0.137. The summed E-state index contributed by atoms with van der Waals surface area (Å²) in [5, 5.41) is 8.64. The second-order valence-corrected chi connectivity index (χ2v) is 6.27. The average molecular weight is 313 g/mol. The van der Waals surface area contributed by atoms with Gasteiger partial charge in [-0.05, 0) is 58.7 Å². The summed E-state index contributed by atoms with van der Waals surface area (Å²) in [6, 6.07) is 0. The van der Waals surface area contributed by atoms with Crippen molar-refractivity contribution in [2.24, 2.45) is 0 Å². The van der Waals surface area contributed by atoms with Crippen molar-refractivity contribution in [2.75, 3.05) is 19.6 Å². The van der Waals surface area contributed by atoms with Gasteiger partial charge >= 0.3 is 5.97 Å². The lowest BCUT2D eigenvalue weighted by Crippen LogP contribution is -2.27. The Morgan fingerprint density at radius 2 is 1.27 bits per heavy atom. The maximum Gasteiger partial charge on any atom is 0.303 e. The number of unbranched alkanes of at least 4 members (excludes halogenated alkanes) is 6. The highest BCUT2D eigenvalue weighted by molar-refractivity contribution is 5.75.